The summed E-state index contributed by atoms with van der Waals surface area (Å²) in [4.78, 5) is 4.17. The van der Waals surface area contributed by atoms with Crippen molar-refractivity contribution in [1.82, 2.24) is 19.7 Å². The van der Waals surface area contributed by atoms with Gasteiger partial charge in [-0.3, -0.25) is 0 Å². The zero-order chi connectivity index (χ0) is 12.3. The molecule has 0 saturated heterocycles. The number of amidine groups is 1. The second-order valence-corrected chi connectivity index (χ2v) is 4.18. The predicted molar refractivity (Wildman–Crippen MR) is 61.9 cm³/mol. The number of oxime groups is 1. The topological polar surface area (TPSA) is 102 Å². The normalized spacial score (nSPS) is 11.7. The van der Waals surface area contributed by atoms with Crippen molar-refractivity contribution in [2.24, 2.45) is 17.9 Å². The van der Waals surface area contributed by atoms with Gasteiger partial charge in [-0.15, -0.1) is 10.2 Å². The van der Waals surface area contributed by atoms with Crippen LogP contribution in [-0.4, -0.2) is 30.8 Å². The van der Waals surface area contributed by atoms with E-state index < -0.39 is 0 Å². The van der Waals surface area contributed by atoms with E-state index in [0.717, 1.165) is 10.2 Å². The summed E-state index contributed by atoms with van der Waals surface area (Å²) in [5.41, 5.74) is 6.00. The van der Waals surface area contributed by atoms with Gasteiger partial charge in [0.15, 0.2) is 11.0 Å². The van der Waals surface area contributed by atoms with Crippen molar-refractivity contribution >= 4 is 17.6 Å². The van der Waals surface area contributed by atoms with Crippen molar-refractivity contribution in [3.63, 3.8) is 0 Å². The van der Waals surface area contributed by atoms with Crippen molar-refractivity contribution in [3.8, 4) is 0 Å². The first-order valence-electron chi connectivity index (χ1n) is 4.66. The largest absolute Gasteiger partial charge is 0.409 e. The number of nitrogens with two attached hydrogens (primary N) is 1. The molecule has 2 aromatic heterocycles. The van der Waals surface area contributed by atoms with Gasteiger partial charge in [-0.2, -0.15) is 0 Å². The van der Waals surface area contributed by atoms with Crippen molar-refractivity contribution in [3.05, 3.63) is 30.2 Å². The van der Waals surface area contributed by atoms with E-state index in [4.69, 9.17) is 10.9 Å². The van der Waals surface area contributed by atoms with E-state index in [1.807, 2.05) is 7.05 Å². The summed E-state index contributed by atoms with van der Waals surface area (Å²) in [5, 5.41) is 20.6. The molecule has 0 aromatic carbocycles. The average molecular weight is 250 g/mol. The van der Waals surface area contributed by atoms with E-state index in [0.29, 0.717) is 5.56 Å². The first-order valence-corrected chi connectivity index (χ1v) is 5.48. The minimum Gasteiger partial charge on any atom is -0.409 e. The Bertz CT molecular complexity index is 535. The first kappa shape index (κ1) is 11.4. The lowest BCUT2D eigenvalue weighted by Gasteiger charge is -2.01. The van der Waals surface area contributed by atoms with Crippen molar-refractivity contribution < 1.29 is 5.21 Å². The van der Waals surface area contributed by atoms with Gasteiger partial charge in [0.25, 0.3) is 0 Å². The van der Waals surface area contributed by atoms with Crippen LogP contribution in [0.1, 0.15) is 5.56 Å². The number of hydrogen-bond acceptors (Lipinski definition) is 6. The van der Waals surface area contributed by atoms with Gasteiger partial charge in [-0.25, -0.2) is 4.98 Å². The van der Waals surface area contributed by atoms with E-state index in [1.165, 1.54) is 18.0 Å². The Morgan fingerprint density at radius 1 is 1.53 bits per heavy atom. The fourth-order valence-corrected chi connectivity index (χ4v) is 1.82. The molecule has 0 aliphatic carbocycles. The highest BCUT2D eigenvalue weighted by Gasteiger charge is 2.05. The lowest BCUT2D eigenvalue weighted by molar-refractivity contribution is 0.318. The average Bonchev–Trinajstić information content (AvgIpc) is 2.75. The summed E-state index contributed by atoms with van der Waals surface area (Å²) in [6, 6.07) is 3.49. The Morgan fingerprint density at radius 3 is 2.88 bits per heavy atom. The summed E-state index contributed by atoms with van der Waals surface area (Å²) in [5.74, 6) is 0.0349. The van der Waals surface area contributed by atoms with Gasteiger partial charge in [0.1, 0.15) is 11.4 Å². The second-order valence-electron chi connectivity index (χ2n) is 3.20. The Kier molecular flexibility index (Phi) is 3.24. The van der Waals surface area contributed by atoms with Gasteiger partial charge in [0, 0.05) is 18.8 Å². The molecule has 0 fully saturated rings. The van der Waals surface area contributed by atoms with Crippen LogP contribution in [0.4, 0.5) is 0 Å². The highest BCUT2D eigenvalue weighted by Crippen LogP contribution is 2.22. The van der Waals surface area contributed by atoms with Crippen LogP contribution in [0, 0.1) is 0 Å². The maximum absolute atomic E-state index is 8.51. The highest BCUT2D eigenvalue weighted by molar-refractivity contribution is 7.99. The Balaban J connectivity index is 2.17. The minimum absolute atomic E-state index is 0.0349. The third-order valence-electron chi connectivity index (χ3n) is 2.01. The van der Waals surface area contributed by atoms with Gasteiger partial charge >= 0.3 is 0 Å². The Labute approximate surface area is 101 Å². The molecule has 3 N–H and O–H groups in total. The lowest BCUT2D eigenvalue weighted by Crippen LogP contribution is -2.13. The van der Waals surface area contributed by atoms with E-state index in [1.54, 1.807) is 23.0 Å². The molecule has 0 unspecified atom stereocenters. The molecule has 0 atom stereocenters. The van der Waals surface area contributed by atoms with Crippen LogP contribution in [0.15, 0.2) is 40.0 Å². The van der Waals surface area contributed by atoms with Gasteiger partial charge in [-0.05, 0) is 23.9 Å². The van der Waals surface area contributed by atoms with Crippen LogP contribution in [0.25, 0.3) is 0 Å². The van der Waals surface area contributed by atoms with E-state index in [9.17, 15) is 0 Å². The molecule has 7 nitrogen and oxygen atoms in total. The molecule has 88 valence electrons. The van der Waals surface area contributed by atoms with Crippen molar-refractivity contribution in [2.45, 2.75) is 10.2 Å². The predicted octanol–water partition coefficient (Wildman–Crippen LogP) is 0.456. The summed E-state index contributed by atoms with van der Waals surface area (Å²) >= 11 is 1.38. The smallest absolute Gasteiger partial charge is 0.197 e. The van der Waals surface area contributed by atoms with Gasteiger partial charge in [0.2, 0.25) is 0 Å². The molecular weight excluding hydrogens is 240 g/mol. The lowest BCUT2D eigenvalue weighted by atomic mass is 10.3. The van der Waals surface area contributed by atoms with E-state index >= 15 is 0 Å². The second kappa shape index (κ2) is 4.83. The Morgan fingerprint density at radius 2 is 2.35 bits per heavy atom. The van der Waals surface area contributed by atoms with Crippen LogP contribution < -0.4 is 5.73 Å². The molecule has 8 heteroatoms. The van der Waals surface area contributed by atoms with Gasteiger partial charge < -0.3 is 15.5 Å². The molecular formula is C9H10N6OS. The summed E-state index contributed by atoms with van der Waals surface area (Å²) in [6.07, 6.45) is 3.15. The fraction of sp³-hybridized carbons (Fsp3) is 0.111. The van der Waals surface area contributed by atoms with Crippen LogP contribution in [0.2, 0.25) is 0 Å². The van der Waals surface area contributed by atoms with Gasteiger partial charge in [0.05, 0.1) is 0 Å². The molecule has 2 heterocycles. The number of aromatic nitrogens is 4. The van der Waals surface area contributed by atoms with E-state index in [-0.39, 0.29) is 5.84 Å². The Hall–Kier alpha value is -2.09. The number of nitrogens with zero attached hydrogens (tertiary/aromatic N) is 5. The fourth-order valence-electron chi connectivity index (χ4n) is 1.11. The SMILES string of the molecule is Cn1cnnc1Sc1ccc(/C(N)=N/O)cn1. The molecule has 17 heavy (non-hydrogen) atoms. The molecule has 0 bridgehead atoms. The maximum Gasteiger partial charge on any atom is 0.197 e. The zero-order valence-electron chi connectivity index (χ0n) is 8.98. The molecule has 0 aliphatic heterocycles. The zero-order valence-corrected chi connectivity index (χ0v) is 9.79. The van der Waals surface area contributed by atoms with Crippen LogP contribution in [0.3, 0.4) is 0 Å². The molecule has 0 aliphatic rings. The van der Waals surface area contributed by atoms with E-state index in [2.05, 4.69) is 20.3 Å². The molecule has 0 radical (unpaired) electrons. The van der Waals surface area contributed by atoms with Crippen LogP contribution in [-0.2, 0) is 7.05 Å². The summed E-state index contributed by atoms with van der Waals surface area (Å²) < 4.78 is 1.80. The molecule has 0 amide bonds. The quantitative estimate of drug-likeness (QED) is 0.355. The molecule has 2 aromatic rings. The molecule has 0 spiro atoms. The molecule has 2 rings (SSSR count). The van der Waals surface area contributed by atoms with Crippen LogP contribution >= 0.6 is 11.8 Å². The highest BCUT2D eigenvalue weighted by atomic mass is 32.2. The van der Waals surface area contributed by atoms with Crippen molar-refractivity contribution in [1.29, 1.82) is 0 Å². The van der Waals surface area contributed by atoms with Crippen molar-refractivity contribution in [2.75, 3.05) is 0 Å². The van der Waals surface area contributed by atoms with Crippen LogP contribution in [0.5, 0.6) is 0 Å². The maximum atomic E-state index is 8.51. The number of hydrogen-bond donors (Lipinski definition) is 2. The number of aryl methyl sites for hydroxylation is 1. The number of pyridine rings is 1. The standard InChI is InChI=1S/C9H10N6OS/c1-15-5-12-13-9(15)17-7-3-2-6(4-11-7)8(10)14-16/h2-5,16H,1H3,(H2,10,14). The summed E-state index contributed by atoms with van der Waals surface area (Å²) in [7, 11) is 1.85. The van der Waals surface area contributed by atoms with Gasteiger partial charge in [-0.1, -0.05) is 5.16 Å². The number of rotatable bonds is 3. The first-order chi connectivity index (χ1) is 8.20. The third-order valence-corrected chi connectivity index (χ3v) is 3.01. The third kappa shape index (κ3) is 2.53. The minimum atomic E-state index is 0.0349. The summed E-state index contributed by atoms with van der Waals surface area (Å²) in [6.45, 7) is 0. The monoisotopic (exact) mass is 250 g/mol. The molecule has 0 saturated carbocycles.